The van der Waals surface area contributed by atoms with Crippen molar-refractivity contribution in [2.45, 2.75) is 38.2 Å². The predicted octanol–water partition coefficient (Wildman–Crippen LogP) is 3.20. The van der Waals surface area contributed by atoms with Crippen LogP contribution < -0.4 is 10.2 Å². The summed E-state index contributed by atoms with van der Waals surface area (Å²) in [6.07, 6.45) is 6.89. The van der Waals surface area contributed by atoms with Gasteiger partial charge in [0.2, 0.25) is 0 Å². The summed E-state index contributed by atoms with van der Waals surface area (Å²) in [7, 11) is 0. The summed E-state index contributed by atoms with van der Waals surface area (Å²) < 4.78 is 5.43. The Bertz CT molecular complexity index is 884. The van der Waals surface area contributed by atoms with Gasteiger partial charge in [-0.2, -0.15) is 0 Å². The Morgan fingerprint density at radius 2 is 1.97 bits per heavy atom. The zero-order valence-corrected chi connectivity index (χ0v) is 17.1. The number of amides is 1. The van der Waals surface area contributed by atoms with Gasteiger partial charge >= 0.3 is 0 Å². The molecule has 2 heterocycles. The quantitative estimate of drug-likeness (QED) is 0.765. The first-order valence-corrected chi connectivity index (χ1v) is 10.3. The van der Waals surface area contributed by atoms with Crippen molar-refractivity contribution in [2.24, 2.45) is 0 Å². The summed E-state index contributed by atoms with van der Waals surface area (Å²) in [6, 6.07) is 12.3. The summed E-state index contributed by atoms with van der Waals surface area (Å²) in [5.74, 6) is 0.608. The van der Waals surface area contributed by atoms with Crippen LogP contribution in [0.25, 0.3) is 6.08 Å². The molecule has 1 aliphatic heterocycles. The number of piperidine rings is 1. The van der Waals surface area contributed by atoms with E-state index in [4.69, 9.17) is 4.74 Å². The molecule has 0 bridgehead atoms. The van der Waals surface area contributed by atoms with Gasteiger partial charge in [-0.1, -0.05) is 36.4 Å². The topological polar surface area (TPSA) is 67.3 Å². The van der Waals surface area contributed by atoms with Crippen LogP contribution in [0.15, 0.2) is 42.5 Å². The minimum absolute atomic E-state index is 0.151. The number of allylic oxidation sites excluding steroid dienone is 1. The first-order valence-electron chi connectivity index (χ1n) is 10.3. The number of carbonyl (C=O) groups excluding carboxylic acids is 1. The van der Waals surface area contributed by atoms with Crippen LogP contribution in [0.1, 0.15) is 48.3 Å². The lowest BCUT2D eigenvalue weighted by Crippen LogP contribution is -2.41. The lowest BCUT2D eigenvalue weighted by molar-refractivity contribution is 0.0744. The number of ether oxygens (including phenoxy) is 1. The highest BCUT2D eigenvalue weighted by Gasteiger charge is 2.38. The molecule has 1 spiro atoms. The van der Waals surface area contributed by atoms with Gasteiger partial charge in [-0.15, -0.1) is 10.2 Å². The molecule has 1 saturated heterocycles. The zero-order valence-electron chi connectivity index (χ0n) is 17.1. The molecule has 1 fully saturated rings. The van der Waals surface area contributed by atoms with Gasteiger partial charge in [-0.05, 0) is 49.9 Å². The van der Waals surface area contributed by atoms with Crippen LogP contribution in [-0.2, 0) is 10.2 Å². The molecule has 1 aromatic heterocycles. The molecule has 0 saturated carbocycles. The molecule has 0 unspecified atom stereocenters. The number of nitrogens with one attached hydrogen (secondary N) is 1. The zero-order chi connectivity index (χ0) is 20.3. The van der Waals surface area contributed by atoms with Crippen molar-refractivity contribution in [1.29, 1.82) is 0 Å². The fraction of sp³-hybridized carbons (Fsp3) is 0.435. The summed E-state index contributed by atoms with van der Waals surface area (Å²) in [5.41, 5.74) is 3.27. The van der Waals surface area contributed by atoms with E-state index in [1.807, 2.05) is 19.9 Å². The Morgan fingerprint density at radius 3 is 2.69 bits per heavy atom. The Kier molecular flexibility index (Phi) is 5.62. The van der Waals surface area contributed by atoms with Crippen molar-refractivity contribution in [3.05, 3.63) is 59.3 Å². The molecule has 4 rings (SSSR count). The predicted molar refractivity (Wildman–Crippen MR) is 114 cm³/mol. The summed E-state index contributed by atoms with van der Waals surface area (Å²) in [4.78, 5) is 14.4. The molecule has 0 atom stereocenters. The van der Waals surface area contributed by atoms with Gasteiger partial charge in [-0.3, -0.25) is 4.79 Å². The van der Waals surface area contributed by atoms with Crippen molar-refractivity contribution in [3.63, 3.8) is 0 Å². The van der Waals surface area contributed by atoms with E-state index in [0.717, 1.165) is 31.7 Å². The Hall–Kier alpha value is -2.73. The standard InChI is InChI=1S/C23H28N4O2/c1-17(2)29-16-13-24-22(28)20-7-8-21(26-25-20)27-14-11-23(12-15-27)10-9-18-5-3-4-6-19(18)23/h3-10,17H,11-16H2,1-2H3,(H,24,28). The highest BCUT2D eigenvalue weighted by atomic mass is 16.5. The third-order valence-corrected chi connectivity index (χ3v) is 5.78. The van der Waals surface area contributed by atoms with Crippen LogP contribution in [0.2, 0.25) is 0 Å². The third-order valence-electron chi connectivity index (χ3n) is 5.78. The average Bonchev–Trinajstić information content (AvgIpc) is 3.10. The van der Waals surface area contributed by atoms with Crippen LogP contribution in [0.4, 0.5) is 5.82 Å². The van der Waals surface area contributed by atoms with Gasteiger partial charge in [0.05, 0.1) is 12.7 Å². The van der Waals surface area contributed by atoms with E-state index in [0.29, 0.717) is 18.8 Å². The van der Waals surface area contributed by atoms with Crippen molar-refractivity contribution in [3.8, 4) is 0 Å². The summed E-state index contributed by atoms with van der Waals surface area (Å²) in [6.45, 7) is 6.73. The number of fused-ring (bicyclic) bond motifs is 2. The van der Waals surface area contributed by atoms with Gasteiger partial charge in [-0.25, -0.2) is 0 Å². The van der Waals surface area contributed by atoms with E-state index in [9.17, 15) is 4.79 Å². The van der Waals surface area contributed by atoms with Crippen molar-refractivity contribution in [1.82, 2.24) is 15.5 Å². The number of anilines is 1. The van der Waals surface area contributed by atoms with E-state index in [1.54, 1.807) is 6.07 Å². The van der Waals surface area contributed by atoms with Crippen LogP contribution in [0.5, 0.6) is 0 Å². The number of rotatable bonds is 6. The molecule has 6 nitrogen and oxygen atoms in total. The molecule has 1 aromatic carbocycles. The Balaban J connectivity index is 1.33. The lowest BCUT2D eigenvalue weighted by Gasteiger charge is -2.39. The highest BCUT2D eigenvalue weighted by Crippen LogP contribution is 2.43. The molecule has 6 heteroatoms. The molecular formula is C23H28N4O2. The maximum atomic E-state index is 12.2. The number of benzene rings is 1. The fourth-order valence-electron chi connectivity index (χ4n) is 4.17. The minimum atomic E-state index is -0.221. The largest absolute Gasteiger partial charge is 0.377 e. The van der Waals surface area contributed by atoms with Gasteiger partial charge in [0.15, 0.2) is 11.5 Å². The highest BCUT2D eigenvalue weighted by molar-refractivity contribution is 5.92. The monoisotopic (exact) mass is 392 g/mol. The Morgan fingerprint density at radius 1 is 1.17 bits per heavy atom. The second-order valence-electron chi connectivity index (χ2n) is 8.02. The van der Waals surface area contributed by atoms with Crippen molar-refractivity contribution < 1.29 is 9.53 Å². The summed E-state index contributed by atoms with van der Waals surface area (Å²) in [5, 5.41) is 11.2. The number of carbonyl (C=O) groups is 1. The maximum Gasteiger partial charge on any atom is 0.271 e. The molecule has 29 heavy (non-hydrogen) atoms. The van der Waals surface area contributed by atoms with Gasteiger partial charge in [0.25, 0.3) is 5.91 Å². The second-order valence-corrected chi connectivity index (χ2v) is 8.02. The number of hydrogen-bond donors (Lipinski definition) is 1. The third kappa shape index (κ3) is 4.17. The molecule has 1 N–H and O–H groups in total. The van der Waals surface area contributed by atoms with Crippen molar-refractivity contribution in [2.75, 3.05) is 31.1 Å². The molecule has 1 aliphatic carbocycles. The van der Waals surface area contributed by atoms with E-state index in [-0.39, 0.29) is 17.4 Å². The maximum absolute atomic E-state index is 12.2. The van der Waals surface area contributed by atoms with Crippen LogP contribution in [0, 0.1) is 0 Å². The molecule has 0 radical (unpaired) electrons. The smallest absolute Gasteiger partial charge is 0.271 e. The van der Waals surface area contributed by atoms with Crippen LogP contribution in [0.3, 0.4) is 0 Å². The minimum Gasteiger partial charge on any atom is -0.377 e. The average molecular weight is 393 g/mol. The SMILES string of the molecule is CC(C)OCCNC(=O)c1ccc(N2CCC3(C=Cc4ccccc43)CC2)nn1. The van der Waals surface area contributed by atoms with Gasteiger partial charge in [0, 0.05) is 25.0 Å². The van der Waals surface area contributed by atoms with Gasteiger partial charge < -0.3 is 15.0 Å². The lowest BCUT2D eigenvalue weighted by atomic mass is 9.74. The van der Waals surface area contributed by atoms with E-state index in [1.165, 1.54) is 11.1 Å². The van der Waals surface area contributed by atoms with E-state index < -0.39 is 0 Å². The van der Waals surface area contributed by atoms with E-state index >= 15 is 0 Å². The number of hydrogen-bond acceptors (Lipinski definition) is 5. The van der Waals surface area contributed by atoms with Crippen LogP contribution >= 0.6 is 0 Å². The Labute approximate surface area is 172 Å². The normalized spacial score (nSPS) is 17.0. The molecule has 1 amide bonds. The molecular weight excluding hydrogens is 364 g/mol. The van der Waals surface area contributed by atoms with Crippen LogP contribution in [-0.4, -0.2) is 48.4 Å². The first-order chi connectivity index (χ1) is 14.1. The number of nitrogens with zero attached hydrogens (tertiary/aromatic N) is 3. The van der Waals surface area contributed by atoms with E-state index in [2.05, 4.69) is 56.8 Å². The molecule has 152 valence electrons. The second kappa shape index (κ2) is 8.33. The van der Waals surface area contributed by atoms with Crippen molar-refractivity contribution >= 4 is 17.8 Å². The fourth-order valence-corrected chi connectivity index (χ4v) is 4.17. The number of aromatic nitrogens is 2. The molecule has 2 aromatic rings. The van der Waals surface area contributed by atoms with Gasteiger partial charge in [0.1, 0.15) is 0 Å². The summed E-state index contributed by atoms with van der Waals surface area (Å²) >= 11 is 0. The molecule has 2 aliphatic rings. The first kappa shape index (κ1) is 19.6.